The number of rotatable bonds is 4. The summed E-state index contributed by atoms with van der Waals surface area (Å²) in [6, 6.07) is 14.7. The average Bonchev–Trinajstić information content (AvgIpc) is 2.87. The van der Waals surface area contributed by atoms with E-state index < -0.39 is 0 Å². The molecule has 0 aromatic heterocycles. The predicted octanol–water partition coefficient (Wildman–Crippen LogP) is 2.54. The van der Waals surface area contributed by atoms with E-state index in [0.29, 0.717) is 6.04 Å². The van der Waals surface area contributed by atoms with E-state index in [4.69, 9.17) is 10.8 Å². The Balaban J connectivity index is 1.68. The molecule has 104 valence electrons. The number of benzene rings is 2. The first-order valence-corrected chi connectivity index (χ1v) is 7.06. The number of nitrogens with one attached hydrogen (secondary N) is 1. The normalized spacial score (nSPS) is 17.1. The van der Waals surface area contributed by atoms with Crippen LogP contribution in [0.4, 0.5) is 5.69 Å². The van der Waals surface area contributed by atoms with Crippen LogP contribution in [0.2, 0.25) is 0 Å². The molecule has 2 aromatic rings. The van der Waals surface area contributed by atoms with Gasteiger partial charge in [0.2, 0.25) is 0 Å². The molecule has 1 aliphatic rings. The summed E-state index contributed by atoms with van der Waals surface area (Å²) in [5, 5.41) is 12.8. The molecular weight excluding hydrogens is 248 g/mol. The molecule has 1 unspecified atom stereocenters. The van der Waals surface area contributed by atoms with Crippen LogP contribution in [0.25, 0.3) is 0 Å². The number of aliphatic hydroxyl groups excluding tert-OH is 1. The lowest BCUT2D eigenvalue weighted by atomic mass is 10.1. The maximum Gasteiger partial charge on any atom is 0.0681 e. The lowest BCUT2D eigenvalue weighted by Gasteiger charge is -2.14. The Morgan fingerprint density at radius 1 is 1.15 bits per heavy atom. The zero-order valence-corrected chi connectivity index (χ0v) is 11.5. The molecular formula is C17H20N2O. The van der Waals surface area contributed by atoms with Crippen molar-refractivity contribution in [1.29, 1.82) is 0 Å². The van der Waals surface area contributed by atoms with Crippen molar-refractivity contribution < 1.29 is 5.11 Å². The molecule has 0 radical (unpaired) electrons. The number of nitrogens with two attached hydrogens (primary N) is 1. The number of hydrogen-bond acceptors (Lipinski definition) is 3. The van der Waals surface area contributed by atoms with Crippen LogP contribution in [0.1, 0.15) is 34.7 Å². The molecule has 0 fully saturated rings. The van der Waals surface area contributed by atoms with Crippen molar-refractivity contribution in [2.45, 2.75) is 32.0 Å². The Morgan fingerprint density at radius 3 is 2.85 bits per heavy atom. The third-order valence-electron chi connectivity index (χ3n) is 3.97. The van der Waals surface area contributed by atoms with Crippen molar-refractivity contribution in [2.24, 2.45) is 0 Å². The average molecular weight is 268 g/mol. The van der Waals surface area contributed by atoms with Crippen molar-refractivity contribution >= 4 is 5.69 Å². The monoisotopic (exact) mass is 268 g/mol. The van der Waals surface area contributed by atoms with E-state index >= 15 is 0 Å². The van der Waals surface area contributed by atoms with Crippen molar-refractivity contribution in [3.8, 4) is 0 Å². The topological polar surface area (TPSA) is 58.3 Å². The highest BCUT2D eigenvalue weighted by Gasteiger charge is 2.21. The van der Waals surface area contributed by atoms with Crippen LogP contribution >= 0.6 is 0 Å². The maximum absolute atomic E-state index is 9.17. The molecule has 0 amide bonds. The number of hydrogen-bond donors (Lipinski definition) is 3. The highest BCUT2D eigenvalue weighted by atomic mass is 16.3. The van der Waals surface area contributed by atoms with E-state index in [1.807, 2.05) is 24.3 Å². The molecule has 3 heteroatoms. The molecule has 20 heavy (non-hydrogen) atoms. The van der Waals surface area contributed by atoms with Crippen molar-refractivity contribution in [2.75, 3.05) is 5.73 Å². The highest BCUT2D eigenvalue weighted by Crippen LogP contribution is 2.32. The van der Waals surface area contributed by atoms with Crippen LogP contribution in [-0.4, -0.2) is 5.11 Å². The molecule has 0 bridgehead atoms. The lowest BCUT2D eigenvalue weighted by Crippen LogP contribution is -2.18. The van der Waals surface area contributed by atoms with Crippen LogP contribution < -0.4 is 11.1 Å². The molecule has 4 N–H and O–H groups in total. The third-order valence-corrected chi connectivity index (χ3v) is 3.97. The molecule has 0 saturated heterocycles. The van der Waals surface area contributed by atoms with Gasteiger partial charge in [-0.1, -0.05) is 30.3 Å². The Labute approximate surface area is 119 Å². The number of nitrogen functional groups attached to an aromatic ring is 1. The summed E-state index contributed by atoms with van der Waals surface area (Å²) in [5.41, 5.74) is 11.6. The van der Waals surface area contributed by atoms with Gasteiger partial charge in [0.15, 0.2) is 0 Å². The molecule has 0 saturated carbocycles. The molecule has 0 spiro atoms. The Hall–Kier alpha value is -1.84. The van der Waals surface area contributed by atoms with E-state index in [9.17, 15) is 0 Å². The van der Waals surface area contributed by atoms with Gasteiger partial charge < -0.3 is 16.2 Å². The summed E-state index contributed by atoms with van der Waals surface area (Å²) in [7, 11) is 0. The van der Waals surface area contributed by atoms with E-state index in [0.717, 1.165) is 30.6 Å². The second kappa shape index (κ2) is 5.65. The van der Waals surface area contributed by atoms with Gasteiger partial charge in [-0.25, -0.2) is 0 Å². The van der Waals surface area contributed by atoms with E-state index in [2.05, 4.69) is 23.5 Å². The lowest BCUT2D eigenvalue weighted by molar-refractivity contribution is 0.281. The zero-order chi connectivity index (χ0) is 13.9. The van der Waals surface area contributed by atoms with Crippen LogP contribution in [0, 0.1) is 0 Å². The van der Waals surface area contributed by atoms with Crippen LogP contribution in [0.5, 0.6) is 0 Å². The smallest absolute Gasteiger partial charge is 0.0681 e. The van der Waals surface area contributed by atoms with Gasteiger partial charge >= 0.3 is 0 Å². The fourth-order valence-corrected chi connectivity index (χ4v) is 2.93. The van der Waals surface area contributed by atoms with Crippen molar-refractivity contribution in [1.82, 2.24) is 5.32 Å². The fraction of sp³-hybridized carbons (Fsp3) is 0.294. The Kier molecular flexibility index (Phi) is 3.72. The summed E-state index contributed by atoms with van der Waals surface area (Å²) in [6.07, 6.45) is 2.22. The largest absolute Gasteiger partial charge is 0.399 e. The summed E-state index contributed by atoms with van der Waals surface area (Å²) in [6.45, 7) is 0.918. The Morgan fingerprint density at radius 2 is 2.00 bits per heavy atom. The number of anilines is 1. The van der Waals surface area contributed by atoms with Gasteiger partial charge in [0.1, 0.15) is 0 Å². The van der Waals surface area contributed by atoms with Crippen LogP contribution in [-0.2, 0) is 19.6 Å². The number of fused-ring (bicyclic) bond motifs is 1. The van der Waals surface area contributed by atoms with E-state index in [1.54, 1.807) is 0 Å². The first-order chi connectivity index (χ1) is 9.76. The molecule has 3 rings (SSSR count). The third kappa shape index (κ3) is 2.69. The zero-order valence-electron chi connectivity index (χ0n) is 11.5. The minimum absolute atomic E-state index is 0.0966. The second-order valence-corrected chi connectivity index (χ2v) is 5.41. The minimum atomic E-state index is 0.0966. The first-order valence-electron chi connectivity index (χ1n) is 7.06. The first kappa shape index (κ1) is 13.2. The summed E-state index contributed by atoms with van der Waals surface area (Å²) in [4.78, 5) is 0. The van der Waals surface area contributed by atoms with Gasteiger partial charge in [0.25, 0.3) is 0 Å². The van der Waals surface area contributed by atoms with E-state index in [1.165, 1.54) is 16.7 Å². The van der Waals surface area contributed by atoms with Crippen molar-refractivity contribution in [3.63, 3.8) is 0 Å². The molecule has 0 heterocycles. The summed E-state index contributed by atoms with van der Waals surface area (Å²) >= 11 is 0. The van der Waals surface area contributed by atoms with Gasteiger partial charge in [-0.05, 0) is 47.2 Å². The fourth-order valence-electron chi connectivity index (χ4n) is 2.93. The van der Waals surface area contributed by atoms with Gasteiger partial charge in [0.05, 0.1) is 6.61 Å². The highest BCUT2D eigenvalue weighted by molar-refractivity contribution is 5.47. The van der Waals surface area contributed by atoms with Gasteiger partial charge in [-0.15, -0.1) is 0 Å². The van der Waals surface area contributed by atoms with E-state index in [-0.39, 0.29) is 6.61 Å². The number of aliphatic hydroxyl groups is 1. The van der Waals surface area contributed by atoms with Crippen molar-refractivity contribution in [3.05, 3.63) is 64.7 Å². The standard InChI is InChI=1S/C17H20N2O/c18-15-5-6-16-14(9-15)4-7-17(16)19-10-12-2-1-3-13(8-12)11-20/h1-3,5-6,8-9,17,19-20H,4,7,10-11,18H2. The quantitative estimate of drug-likeness (QED) is 0.747. The summed E-state index contributed by atoms with van der Waals surface area (Å²) < 4.78 is 0. The van der Waals surface area contributed by atoms with Gasteiger partial charge in [0, 0.05) is 18.3 Å². The predicted molar refractivity (Wildman–Crippen MR) is 81.1 cm³/mol. The molecule has 1 atom stereocenters. The van der Waals surface area contributed by atoms with Gasteiger partial charge in [-0.3, -0.25) is 0 Å². The molecule has 0 aliphatic heterocycles. The summed E-state index contributed by atoms with van der Waals surface area (Å²) in [5.74, 6) is 0. The minimum Gasteiger partial charge on any atom is -0.399 e. The second-order valence-electron chi connectivity index (χ2n) is 5.41. The van der Waals surface area contributed by atoms with Gasteiger partial charge in [-0.2, -0.15) is 0 Å². The van der Waals surface area contributed by atoms with Crippen LogP contribution in [0.3, 0.4) is 0 Å². The SMILES string of the molecule is Nc1ccc2c(c1)CCC2NCc1cccc(CO)c1. The molecule has 2 aromatic carbocycles. The Bertz CT molecular complexity index is 610. The molecule has 3 nitrogen and oxygen atoms in total. The van der Waals surface area contributed by atoms with Crippen LogP contribution in [0.15, 0.2) is 42.5 Å². The number of aryl methyl sites for hydroxylation is 1. The molecule has 1 aliphatic carbocycles. The maximum atomic E-state index is 9.17.